The second-order valence-electron chi connectivity index (χ2n) is 5.81. The minimum atomic E-state index is -0.669. The normalized spacial score (nSPS) is 18.8. The molecule has 0 spiro atoms. The Hall–Kier alpha value is -2.54. The molecule has 3 rings (SSSR count). The Morgan fingerprint density at radius 2 is 2.08 bits per heavy atom. The fraction of sp³-hybridized carbons (Fsp3) is 0.294. The van der Waals surface area contributed by atoms with Crippen LogP contribution in [0.25, 0.3) is 0 Å². The number of rotatable bonds is 5. The van der Waals surface area contributed by atoms with Gasteiger partial charge in [0, 0.05) is 28.5 Å². The number of carbonyl (C=O) groups is 2. The van der Waals surface area contributed by atoms with E-state index in [4.69, 9.17) is 10.5 Å². The van der Waals surface area contributed by atoms with Crippen molar-refractivity contribution in [3.8, 4) is 5.75 Å². The van der Waals surface area contributed by atoms with E-state index in [2.05, 4.69) is 29.0 Å². The first-order valence-corrected chi connectivity index (χ1v) is 8.47. The molecular weight excluding hydrogens is 326 g/mol. The molecule has 1 saturated carbocycles. The van der Waals surface area contributed by atoms with E-state index in [1.54, 1.807) is 29.5 Å². The SMILES string of the molecule is COc1cc(NC(=O)[C@@H]2C[C@H]2c2sccc2C)ccc1NC(N)=O. The standard InChI is InChI=1S/C17H19N3O3S/c1-9-5-6-24-15(9)11-8-12(11)16(21)19-10-3-4-13(20-17(18)22)14(7-10)23-2/h3-7,11-12H,8H2,1-2H3,(H,19,21)(H3,18,20,22)/t11-,12-/m1/s1. The largest absolute Gasteiger partial charge is 0.494 e. The Kier molecular flexibility index (Phi) is 4.44. The highest BCUT2D eigenvalue weighted by molar-refractivity contribution is 7.10. The number of primary amides is 1. The molecule has 0 aliphatic heterocycles. The number of thiophene rings is 1. The number of anilines is 2. The second-order valence-corrected chi connectivity index (χ2v) is 6.76. The van der Waals surface area contributed by atoms with Crippen LogP contribution in [0, 0.1) is 12.8 Å². The Morgan fingerprint density at radius 3 is 2.71 bits per heavy atom. The summed E-state index contributed by atoms with van der Waals surface area (Å²) in [5.74, 6) is 0.776. The molecule has 1 heterocycles. The van der Waals surface area contributed by atoms with Crippen LogP contribution in [0.3, 0.4) is 0 Å². The fourth-order valence-electron chi connectivity index (χ4n) is 2.78. The minimum Gasteiger partial charge on any atom is -0.494 e. The fourth-order valence-corrected chi connectivity index (χ4v) is 3.89. The molecule has 126 valence electrons. The van der Waals surface area contributed by atoms with Crippen molar-refractivity contribution in [1.82, 2.24) is 0 Å². The van der Waals surface area contributed by atoms with E-state index in [0.29, 0.717) is 23.0 Å². The van der Waals surface area contributed by atoms with Gasteiger partial charge in [0.05, 0.1) is 12.8 Å². The van der Waals surface area contributed by atoms with Gasteiger partial charge in [0.1, 0.15) is 5.75 Å². The highest BCUT2D eigenvalue weighted by Gasteiger charge is 2.45. The minimum absolute atomic E-state index is 0.00506. The Bertz CT molecular complexity index is 787. The van der Waals surface area contributed by atoms with Gasteiger partial charge in [-0.3, -0.25) is 4.79 Å². The summed E-state index contributed by atoms with van der Waals surface area (Å²) in [7, 11) is 1.49. The summed E-state index contributed by atoms with van der Waals surface area (Å²) in [6.45, 7) is 2.08. The van der Waals surface area contributed by atoms with Crippen molar-refractivity contribution in [2.45, 2.75) is 19.3 Å². The number of urea groups is 1. The summed E-state index contributed by atoms with van der Waals surface area (Å²) >= 11 is 1.71. The van der Waals surface area contributed by atoms with Crippen LogP contribution in [0.1, 0.15) is 22.8 Å². The maximum Gasteiger partial charge on any atom is 0.316 e. The van der Waals surface area contributed by atoms with Crippen molar-refractivity contribution >= 4 is 34.6 Å². The van der Waals surface area contributed by atoms with Crippen LogP contribution in [-0.4, -0.2) is 19.0 Å². The molecule has 1 fully saturated rings. The molecule has 4 N–H and O–H groups in total. The lowest BCUT2D eigenvalue weighted by Crippen LogP contribution is -2.20. The average molecular weight is 345 g/mol. The van der Waals surface area contributed by atoms with Crippen LogP contribution in [-0.2, 0) is 4.79 Å². The van der Waals surface area contributed by atoms with Crippen LogP contribution >= 0.6 is 11.3 Å². The second kappa shape index (κ2) is 6.52. The maximum absolute atomic E-state index is 12.4. The molecular formula is C17H19N3O3S. The summed E-state index contributed by atoms with van der Waals surface area (Å²) in [4.78, 5) is 24.7. The van der Waals surface area contributed by atoms with Crippen molar-refractivity contribution < 1.29 is 14.3 Å². The first-order valence-electron chi connectivity index (χ1n) is 7.59. The smallest absolute Gasteiger partial charge is 0.316 e. The summed E-state index contributed by atoms with van der Waals surface area (Å²) < 4.78 is 5.22. The molecule has 0 radical (unpaired) electrons. The van der Waals surface area contributed by atoms with Crippen molar-refractivity contribution in [2.75, 3.05) is 17.7 Å². The molecule has 2 atom stereocenters. The average Bonchev–Trinajstić information content (AvgIpc) is 3.22. The molecule has 0 unspecified atom stereocenters. The van der Waals surface area contributed by atoms with Crippen LogP contribution < -0.4 is 21.1 Å². The van der Waals surface area contributed by atoms with E-state index in [9.17, 15) is 9.59 Å². The van der Waals surface area contributed by atoms with Crippen molar-refractivity contribution in [3.05, 3.63) is 40.1 Å². The molecule has 0 saturated heterocycles. The summed E-state index contributed by atoms with van der Waals surface area (Å²) in [6.07, 6.45) is 0.881. The van der Waals surface area contributed by atoms with Crippen molar-refractivity contribution in [1.29, 1.82) is 0 Å². The summed E-state index contributed by atoms with van der Waals surface area (Å²) in [6, 6.07) is 6.43. The topological polar surface area (TPSA) is 93.4 Å². The number of amides is 3. The summed E-state index contributed by atoms with van der Waals surface area (Å²) in [5, 5.41) is 7.45. The molecule has 1 aliphatic carbocycles. The third-order valence-electron chi connectivity index (χ3n) is 4.09. The number of hydrogen-bond donors (Lipinski definition) is 3. The molecule has 6 nitrogen and oxygen atoms in total. The molecule has 3 amide bonds. The Labute approximate surface area is 144 Å². The zero-order valence-corrected chi connectivity index (χ0v) is 14.3. The zero-order valence-electron chi connectivity index (χ0n) is 13.5. The third kappa shape index (κ3) is 3.35. The van der Waals surface area contributed by atoms with Crippen molar-refractivity contribution in [2.24, 2.45) is 11.7 Å². The number of aryl methyl sites for hydroxylation is 1. The lowest BCUT2D eigenvalue weighted by Gasteiger charge is -2.11. The number of nitrogens with one attached hydrogen (secondary N) is 2. The number of benzene rings is 1. The monoisotopic (exact) mass is 345 g/mol. The van der Waals surface area contributed by atoms with E-state index < -0.39 is 6.03 Å². The predicted molar refractivity (Wildman–Crippen MR) is 94.7 cm³/mol. The van der Waals surface area contributed by atoms with Gasteiger partial charge in [-0.1, -0.05) is 0 Å². The Morgan fingerprint density at radius 1 is 1.29 bits per heavy atom. The van der Waals surface area contributed by atoms with E-state index >= 15 is 0 Å². The number of nitrogens with two attached hydrogens (primary N) is 1. The highest BCUT2D eigenvalue weighted by Crippen LogP contribution is 2.50. The van der Waals surface area contributed by atoms with Gasteiger partial charge in [0.25, 0.3) is 0 Å². The summed E-state index contributed by atoms with van der Waals surface area (Å²) in [5.41, 5.74) is 7.45. The highest BCUT2D eigenvalue weighted by atomic mass is 32.1. The van der Waals surface area contributed by atoms with Gasteiger partial charge in [-0.05, 0) is 42.5 Å². The molecule has 1 aromatic carbocycles. The van der Waals surface area contributed by atoms with E-state index in [0.717, 1.165) is 6.42 Å². The molecule has 1 aliphatic rings. The number of carbonyl (C=O) groups excluding carboxylic acids is 2. The molecule has 2 aromatic rings. The van der Waals surface area contributed by atoms with E-state index in [-0.39, 0.29) is 11.8 Å². The number of ether oxygens (including phenoxy) is 1. The van der Waals surface area contributed by atoms with Gasteiger partial charge < -0.3 is 21.1 Å². The van der Waals surface area contributed by atoms with Gasteiger partial charge in [-0.25, -0.2) is 4.79 Å². The van der Waals surface area contributed by atoms with Gasteiger partial charge >= 0.3 is 6.03 Å². The number of methoxy groups -OCH3 is 1. The van der Waals surface area contributed by atoms with Crippen LogP contribution in [0.2, 0.25) is 0 Å². The van der Waals surface area contributed by atoms with Gasteiger partial charge in [0.2, 0.25) is 5.91 Å². The van der Waals surface area contributed by atoms with Crippen LogP contribution in [0.15, 0.2) is 29.6 Å². The number of hydrogen-bond acceptors (Lipinski definition) is 4. The first-order chi connectivity index (χ1) is 11.5. The predicted octanol–water partition coefficient (Wildman–Crippen LogP) is 3.30. The van der Waals surface area contributed by atoms with Crippen LogP contribution in [0.5, 0.6) is 5.75 Å². The lowest BCUT2D eigenvalue weighted by molar-refractivity contribution is -0.117. The molecule has 0 bridgehead atoms. The molecule has 24 heavy (non-hydrogen) atoms. The first kappa shape index (κ1) is 16.3. The third-order valence-corrected chi connectivity index (χ3v) is 5.24. The molecule has 7 heteroatoms. The Balaban J connectivity index is 1.67. The quantitative estimate of drug-likeness (QED) is 0.776. The van der Waals surface area contributed by atoms with Crippen molar-refractivity contribution in [3.63, 3.8) is 0 Å². The molecule has 1 aromatic heterocycles. The van der Waals surface area contributed by atoms with Gasteiger partial charge in [-0.15, -0.1) is 11.3 Å². The maximum atomic E-state index is 12.4. The van der Waals surface area contributed by atoms with E-state index in [1.165, 1.54) is 17.6 Å². The van der Waals surface area contributed by atoms with Crippen LogP contribution in [0.4, 0.5) is 16.2 Å². The zero-order chi connectivity index (χ0) is 17.3. The van der Waals surface area contributed by atoms with Gasteiger partial charge in [0.15, 0.2) is 0 Å². The lowest BCUT2D eigenvalue weighted by atomic mass is 10.2. The van der Waals surface area contributed by atoms with Gasteiger partial charge in [-0.2, -0.15) is 0 Å². The van der Waals surface area contributed by atoms with E-state index in [1.807, 2.05) is 0 Å².